The van der Waals surface area contributed by atoms with Gasteiger partial charge in [0.25, 0.3) is 6.20 Å². The molecule has 1 rings (SSSR count). The van der Waals surface area contributed by atoms with Crippen LogP contribution in [0.2, 0.25) is 5.15 Å². The molecule has 1 heterocycles. The van der Waals surface area contributed by atoms with Crippen LogP contribution in [0.25, 0.3) is 0 Å². The second kappa shape index (κ2) is 7.62. The molecule has 0 aromatic carbocycles. The molecule has 6 nitrogen and oxygen atoms in total. The number of aromatic nitrogens is 1. The molecule has 18 heavy (non-hydrogen) atoms. The van der Waals surface area contributed by atoms with E-state index in [1.54, 1.807) is 12.3 Å². The topological polar surface area (TPSA) is 71.3 Å². The number of hydrogen-bond acceptors (Lipinski definition) is 5. The Balaban J connectivity index is 2.56. The van der Waals surface area contributed by atoms with Gasteiger partial charge in [0.2, 0.25) is 0 Å². The smallest absolute Gasteiger partial charge is 0.251 e. The lowest BCUT2D eigenvalue weighted by atomic mass is 10.3. The van der Waals surface area contributed by atoms with E-state index < -0.39 is 4.92 Å². The van der Waals surface area contributed by atoms with Crippen LogP contribution < -0.4 is 5.43 Å². The van der Waals surface area contributed by atoms with E-state index in [1.165, 1.54) is 6.20 Å². The van der Waals surface area contributed by atoms with E-state index in [1.807, 2.05) is 18.0 Å². The van der Waals surface area contributed by atoms with Gasteiger partial charge < -0.3 is 5.43 Å². The number of hydrazine groups is 1. The second-order valence-corrected chi connectivity index (χ2v) is 4.03. The van der Waals surface area contributed by atoms with Crippen molar-refractivity contribution in [1.82, 2.24) is 15.4 Å². The molecule has 0 saturated heterocycles. The van der Waals surface area contributed by atoms with Crippen molar-refractivity contribution in [3.8, 4) is 0 Å². The predicted molar refractivity (Wildman–Crippen MR) is 69.2 cm³/mol. The summed E-state index contributed by atoms with van der Waals surface area (Å²) in [6.07, 6.45) is 4.78. The summed E-state index contributed by atoms with van der Waals surface area (Å²) >= 11 is 5.70. The summed E-state index contributed by atoms with van der Waals surface area (Å²) in [4.78, 5) is 13.6. The van der Waals surface area contributed by atoms with Gasteiger partial charge in [-0.05, 0) is 18.1 Å². The van der Waals surface area contributed by atoms with E-state index in [-0.39, 0.29) is 0 Å². The summed E-state index contributed by atoms with van der Waals surface area (Å²) < 4.78 is 0. The fourth-order valence-electron chi connectivity index (χ4n) is 1.38. The van der Waals surface area contributed by atoms with Crippen molar-refractivity contribution in [1.29, 1.82) is 0 Å². The zero-order valence-corrected chi connectivity index (χ0v) is 10.8. The van der Waals surface area contributed by atoms with Crippen LogP contribution in [0.15, 0.2) is 30.7 Å². The highest BCUT2D eigenvalue weighted by atomic mass is 35.5. The van der Waals surface area contributed by atoms with E-state index in [0.29, 0.717) is 11.7 Å². The highest BCUT2D eigenvalue weighted by Gasteiger charge is 2.03. The first-order valence-corrected chi connectivity index (χ1v) is 5.91. The third-order valence-electron chi connectivity index (χ3n) is 2.11. The monoisotopic (exact) mass is 270 g/mol. The largest absolute Gasteiger partial charge is 0.320 e. The van der Waals surface area contributed by atoms with Gasteiger partial charge in [-0.3, -0.25) is 10.1 Å². The summed E-state index contributed by atoms with van der Waals surface area (Å²) in [5.74, 6) is 0. The Kier molecular flexibility index (Phi) is 6.10. The van der Waals surface area contributed by atoms with Gasteiger partial charge in [0, 0.05) is 19.3 Å². The summed E-state index contributed by atoms with van der Waals surface area (Å²) in [5.41, 5.74) is 3.85. The van der Waals surface area contributed by atoms with Crippen molar-refractivity contribution >= 4 is 11.6 Å². The van der Waals surface area contributed by atoms with Gasteiger partial charge in [-0.25, -0.2) is 9.99 Å². The number of nitrogens with one attached hydrogen (secondary N) is 1. The lowest BCUT2D eigenvalue weighted by Gasteiger charge is -2.20. The number of hydrogen-bond donors (Lipinski definition) is 1. The summed E-state index contributed by atoms with van der Waals surface area (Å²) in [6.45, 7) is 3.40. The van der Waals surface area contributed by atoms with Crippen LogP contribution in [-0.4, -0.2) is 21.5 Å². The highest BCUT2D eigenvalue weighted by Crippen LogP contribution is 2.07. The van der Waals surface area contributed by atoms with Crippen molar-refractivity contribution in [2.45, 2.75) is 19.9 Å². The van der Waals surface area contributed by atoms with Crippen LogP contribution in [0.5, 0.6) is 0 Å². The first kappa shape index (κ1) is 14.4. The molecule has 98 valence electrons. The molecule has 0 fully saturated rings. The quantitative estimate of drug-likeness (QED) is 0.467. The zero-order valence-electron chi connectivity index (χ0n) is 10.0. The second-order valence-electron chi connectivity index (χ2n) is 3.64. The van der Waals surface area contributed by atoms with Gasteiger partial charge in [-0.15, -0.1) is 0 Å². The maximum absolute atomic E-state index is 10.2. The maximum atomic E-state index is 10.2. The average Bonchev–Trinajstić information content (AvgIpc) is 2.32. The van der Waals surface area contributed by atoms with Crippen molar-refractivity contribution in [3.05, 3.63) is 51.6 Å². The Labute approximate surface area is 110 Å². The molecular weight excluding hydrogens is 256 g/mol. The molecule has 0 spiro atoms. The number of pyridine rings is 1. The van der Waals surface area contributed by atoms with Crippen LogP contribution in [0.1, 0.15) is 18.9 Å². The first-order chi connectivity index (χ1) is 8.61. The molecule has 0 aliphatic heterocycles. The third-order valence-corrected chi connectivity index (χ3v) is 2.33. The normalized spacial score (nSPS) is 11.1. The van der Waals surface area contributed by atoms with Crippen molar-refractivity contribution < 1.29 is 4.92 Å². The molecule has 0 bridgehead atoms. The van der Waals surface area contributed by atoms with E-state index in [9.17, 15) is 10.1 Å². The molecule has 0 aliphatic rings. The van der Waals surface area contributed by atoms with Crippen molar-refractivity contribution in [2.24, 2.45) is 0 Å². The van der Waals surface area contributed by atoms with E-state index in [0.717, 1.165) is 24.7 Å². The lowest BCUT2D eigenvalue weighted by Crippen LogP contribution is -2.34. The average molecular weight is 271 g/mol. The molecule has 0 aliphatic carbocycles. The highest BCUT2D eigenvalue weighted by molar-refractivity contribution is 6.29. The van der Waals surface area contributed by atoms with Crippen LogP contribution in [0, 0.1) is 10.1 Å². The first-order valence-electron chi connectivity index (χ1n) is 5.53. The minimum Gasteiger partial charge on any atom is -0.320 e. The Morgan fingerprint density at radius 1 is 1.61 bits per heavy atom. The molecule has 1 aromatic heterocycles. The van der Waals surface area contributed by atoms with Crippen LogP contribution >= 0.6 is 11.6 Å². The zero-order chi connectivity index (χ0) is 13.4. The minimum atomic E-state index is -0.513. The number of rotatable bonds is 7. The standard InChI is InChI=1S/C11H15ClN4O2/c1-2-6-15(14-5-7-16(17)18)9-10-3-4-11(12)13-8-10/h3-5,7-8,14H,2,6,9H2,1H3. The molecule has 1 N–H and O–H groups in total. The minimum absolute atomic E-state index is 0.446. The molecule has 0 atom stereocenters. The van der Waals surface area contributed by atoms with Crippen molar-refractivity contribution in [2.75, 3.05) is 6.54 Å². The summed E-state index contributed by atoms with van der Waals surface area (Å²) in [7, 11) is 0. The molecule has 0 radical (unpaired) electrons. The van der Waals surface area contributed by atoms with Gasteiger partial charge in [0.1, 0.15) is 5.15 Å². The van der Waals surface area contributed by atoms with E-state index in [4.69, 9.17) is 11.6 Å². The van der Waals surface area contributed by atoms with Gasteiger partial charge in [-0.1, -0.05) is 24.6 Å². The van der Waals surface area contributed by atoms with Gasteiger partial charge in [0.15, 0.2) is 0 Å². The number of nitrogens with zero attached hydrogens (tertiary/aromatic N) is 3. The fraction of sp³-hybridized carbons (Fsp3) is 0.364. The Bertz CT molecular complexity index is 408. The maximum Gasteiger partial charge on any atom is 0.251 e. The van der Waals surface area contributed by atoms with Crippen molar-refractivity contribution in [3.63, 3.8) is 0 Å². The fourth-order valence-corrected chi connectivity index (χ4v) is 1.49. The molecule has 0 unspecified atom stereocenters. The third kappa shape index (κ3) is 5.60. The Hall–Kier alpha value is -1.66. The number of nitro groups is 1. The van der Waals surface area contributed by atoms with Crippen LogP contribution in [0.3, 0.4) is 0 Å². The molecule has 1 aromatic rings. The van der Waals surface area contributed by atoms with E-state index in [2.05, 4.69) is 10.4 Å². The van der Waals surface area contributed by atoms with Gasteiger partial charge in [0.05, 0.1) is 11.1 Å². The van der Waals surface area contributed by atoms with Gasteiger partial charge in [-0.2, -0.15) is 0 Å². The molecule has 0 amide bonds. The van der Waals surface area contributed by atoms with Crippen LogP contribution in [-0.2, 0) is 6.54 Å². The van der Waals surface area contributed by atoms with Gasteiger partial charge >= 0.3 is 0 Å². The molecular formula is C11H15ClN4O2. The SMILES string of the molecule is CCCN(Cc1ccc(Cl)nc1)NC=C[N+](=O)[O-]. The Morgan fingerprint density at radius 3 is 2.94 bits per heavy atom. The summed E-state index contributed by atoms with van der Waals surface area (Å²) in [5, 5.41) is 12.5. The number of halogens is 1. The molecule has 7 heteroatoms. The Morgan fingerprint density at radius 2 is 2.39 bits per heavy atom. The lowest BCUT2D eigenvalue weighted by molar-refractivity contribution is -0.403. The predicted octanol–water partition coefficient (Wildman–Crippen LogP) is 2.20. The molecule has 0 saturated carbocycles. The van der Waals surface area contributed by atoms with E-state index >= 15 is 0 Å². The summed E-state index contributed by atoms with van der Waals surface area (Å²) in [6, 6.07) is 3.59. The van der Waals surface area contributed by atoms with Crippen LogP contribution in [0.4, 0.5) is 0 Å².